The number of hydrogen-bond acceptors (Lipinski definition) is 5. The van der Waals surface area contributed by atoms with Crippen LogP contribution in [0.4, 0.5) is 0 Å². The monoisotopic (exact) mass is 339 g/mol. The topological polar surface area (TPSA) is 56.3 Å². The number of pyridine rings is 1. The molecule has 0 unspecified atom stereocenters. The molecule has 0 N–H and O–H groups in total. The molecule has 0 aromatic carbocycles. The van der Waals surface area contributed by atoms with Gasteiger partial charge in [-0.2, -0.15) is 0 Å². The summed E-state index contributed by atoms with van der Waals surface area (Å²) in [6, 6.07) is 1.91. The van der Waals surface area contributed by atoms with Crippen LogP contribution < -0.4 is 0 Å². The highest BCUT2D eigenvalue weighted by Gasteiger charge is 2.15. The number of ether oxygens (including phenoxy) is 1. The van der Waals surface area contributed by atoms with Crippen LogP contribution in [-0.4, -0.2) is 21.8 Å². The summed E-state index contributed by atoms with van der Waals surface area (Å²) in [5, 5.41) is 1.03. The highest BCUT2D eigenvalue weighted by Crippen LogP contribution is 2.30. The molecule has 0 saturated carbocycles. The third-order valence-electron chi connectivity index (χ3n) is 2.20. The first-order chi connectivity index (χ1) is 8.97. The molecule has 0 aliphatic carbocycles. The van der Waals surface area contributed by atoms with Gasteiger partial charge in [0.1, 0.15) is 4.88 Å². The number of thiophene rings is 1. The van der Waals surface area contributed by atoms with Crippen LogP contribution in [0.2, 0.25) is 0 Å². The van der Waals surface area contributed by atoms with E-state index in [9.17, 15) is 4.79 Å². The molecule has 0 bridgehead atoms. The first-order valence-corrected chi connectivity index (χ1v) is 8.83. The largest absolute Gasteiger partial charge is 0.462 e. The fraction of sp³-hybridized carbons (Fsp3) is 0.273. The van der Waals surface area contributed by atoms with E-state index in [0.717, 1.165) is 15.6 Å². The van der Waals surface area contributed by atoms with E-state index in [-0.39, 0.29) is 5.97 Å². The fourth-order valence-corrected chi connectivity index (χ4v) is 2.52. The summed E-state index contributed by atoms with van der Waals surface area (Å²) in [7, 11) is 7.36. The molecule has 0 saturated heterocycles. The molecule has 0 fully saturated rings. The lowest BCUT2D eigenvalue weighted by atomic mass is 10.2. The van der Waals surface area contributed by atoms with E-state index in [1.165, 1.54) is 11.3 Å². The molecule has 2 aromatic rings. The van der Waals surface area contributed by atoms with Crippen LogP contribution in [0.5, 0.6) is 0 Å². The zero-order chi connectivity index (χ0) is 14.4. The number of fused-ring (bicyclic) bond motifs is 1. The van der Waals surface area contributed by atoms with Crippen LogP contribution in [0.15, 0.2) is 18.5 Å². The van der Waals surface area contributed by atoms with Gasteiger partial charge >= 0.3 is 5.97 Å². The van der Waals surface area contributed by atoms with E-state index < -0.39 is 9.23 Å². The van der Waals surface area contributed by atoms with Crippen LogP contribution in [-0.2, 0) is 14.0 Å². The molecular formula is C11H11Cl2NO3S2. The lowest BCUT2D eigenvalue weighted by Crippen LogP contribution is -2.03. The molecule has 4 nitrogen and oxygen atoms in total. The van der Waals surface area contributed by atoms with Crippen molar-refractivity contribution in [3.63, 3.8) is 0 Å². The molecule has 0 spiro atoms. The highest BCUT2D eigenvalue weighted by atomic mass is 36.0. The first-order valence-electron chi connectivity index (χ1n) is 5.21. The first kappa shape index (κ1) is 16.4. The summed E-state index contributed by atoms with van der Waals surface area (Å²) in [5.74, 6) is -0.240. The molecule has 0 aliphatic rings. The summed E-state index contributed by atoms with van der Waals surface area (Å²) in [6.45, 7) is 4.14. The lowest BCUT2D eigenvalue weighted by molar-refractivity contribution is 0.0531. The van der Waals surface area contributed by atoms with Gasteiger partial charge in [-0.3, -0.25) is 4.98 Å². The number of esters is 1. The summed E-state index contributed by atoms with van der Waals surface area (Å²) in [5.41, 5.74) is 0.960. The zero-order valence-electron chi connectivity index (χ0n) is 10.2. The van der Waals surface area contributed by atoms with Gasteiger partial charge in [0.25, 0.3) is 0 Å². The van der Waals surface area contributed by atoms with Gasteiger partial charge in [0.15, 0.2) is 0 Å². The lowest BCUT2D eigenvalue weighted by Gasteiger charge is -1.98. The molecular weight excluding hydrogens is 329 g/mol. The summed E-state index contributed by atoms with van der Waals surface area (Å²) in [6.07, 6.45) is 3.51. The Labute approximate surface area is 126 Å². The van der Waals surface area contributed by atoms with Crippen molar-refractivity contribution in [2.45, 2.75) is 13.8 Å². The van der Waals surface area contributed by atoms with Crippen molar-refractivity contribution in [2.24, 2.45) is 0 Å². The second-order valence-electron chi connectivity index (χ2n) is 3.33. The van der Waals surface area contributed by atoms with E-state index in [2.05, 4.69) is 26.3 Å². The Morgan fingerprint density at radius 2 is 2.16 bits per heavy atom. The summed E-state index contributed by atoms with van der Waals surface area (Å²) >= 11 is 1.46. The predicted molar refractivity (Wildman–Crippen MR) is 80.2 cm³/mol. The molecule has 2 aromatic heterocycles. The van der Waals surface area contributed by atoms with Gasteiger partial charge in [0.2, 0.25) is 9.23 Å². The molecule has 0 aliphatic heterocycles. The van der Waals surface area contributed by atoms with Crippen molar-refractivity contribution in [1.29, 1.82) is 0 Å². The molecule has 0 amide bonds. The van der Waals surface area contributed by atoms with Crippen LogP contribution in [0.3, 0.4) is 0 Å². The number of rotatable bonds is 2. The smallest absolute Gasteiger partial charge is 0.348 e. The predicted octanol–water partition coefficient (Wildman–Crippen LogP) is 3.82. The van der Waals surface area contributed by atoms with E-state index in [4.69, 9.17) is 8.95 Å². The summed E-state index contributed by atoms with van der Waals surface area (Å²) in [4.78, 5) is 16.3. The minimum atomic E-state index is -1.67. The average molecular weight is 340 g/mol. The minimum Gasteiger partial charge on any atom is -0.462 e. The number of carbonyl (C=O) groups is 1. The average Bonchev–Trinajstić information content (AvgIpc) is 2.67. The van der Waals surface area contributed by atoms with Gasteiger partial charge < -0.3 is 4.74 Å². The van der Waals surface area contributed by atoms with Gasteiger partial charge in [-0.05, 0) is 25.5 Å². The maximum absolute atomic E-state index is 11.6. The van der Waals surface area contributed by atoms with Crippen LogP contribution in [0.1, 0.15) is 22.2 Å². The number of hydrogen-bond donors (Lipinski definition) is 0. The zero-order valence-corrected chi connectivity index (χ0v) is 13.3. The molecule has 0 radical (unpaired) electrons. The van der Waals surface area contributed by atoms with Crippen molar-refractivity contribution in [3.8, 4) is 0 Å². The molecule has 2 heterocycles. The number of halogens is 2. The third kappa shape index (κ3) is 4.72. The van der Waals surface area contributed by atoms with Crippen LogP contribution in [0, 0.1) is 6.92 Å². The van der Waals surface area contributed by atoms with E-state index in [1.54, 1.807) is 12.4 Å². The Kier molecular flexibility index (Phi) is 6.71. The Bertz CT molecular complexity index is 597. The van der Waals surface area contributed by atoms with Crippen LogP contribution >= 0.6 is 32.7 Å². The molecule has 2 rings (SSSR count). The van der Waals surface area contributed by atoms with Crippen molar-refractivity contribution >= 4 is 58.0 Å². The molecule has 0 atom stereocenters. The van der Waals surface area contributed by atoms with Crippen molar-refractivity contribution in [1.82, 2.24) is 4.98 Å². The van der Waals surface area contributed by atoms with Gasteiger partial charge in [-0.1, -0.05) is 0 Å². The van der Waals surface area contributed by atoms with Gasteiger partial charge in [0.05, 0.1) is 6.61 Å². The van der Waals surface area contributed by atoms with E-state index in [0.29, 0.717) is 11.5 Å². The molecule has 8 heteroatoms. The third-order valence-corrected chi connectivity index (χ3v) is 3.45. The normalized spacial score (nSPS) is 10.2. The fourth-order valence-electron chi connectivity index (χ4n) is 1.45. The SMILES string of the molecule is CCOC(=O)c1sc2ccncc2c1C.O=S(Cl)Cl. The maximum atomic E-state index is 11.6. The maximum Gasteiger partial charge on any atom is 0.348 e. The van der Waals surface area contributed by atoms with Crippen molar-refractivity contribution < 1.29 is 13.7 Å². The highest BCUT2D eigenvalue weighted by molar-refractivity contribution is 8.26. The number of carbonyl (C=O) groups excluding carboxylic acids is 1. The Hall–Kier alpha value is -0.690. The number of aryl methyl sites for hydroxylation is 1. The number of nitrogens with zero attached hydrogens (tertiary/aromatic N) is 1. The molecule has 19 heavy (non-hydrogen) atoms. The Morgan fingerprint density at radius 3 is 2.68 bits per heavy atom. The van der Waals surface area contributed by atoms with Crippen molar-refractivity contribution in [2.75, 3.05) is 6.61 Å². The van der Waals surface area contributed by atoms with Gasteiger partial charge in [-0.15, -0.1) is 11.3 Å². The van der Waals surface area contributed by atoms with E-state index in [1.807, 2.05) is 19.9 Å². The summed E-state index contributed by atoms with van der Waals surface area (Å²) < 4.78 is 15.2. The Morgan fingerprint density at radius 1 is 1.53 bits per heavy atom. The number of aromatic nitrogens is 1. The Balaban J connectivity index is 0.000000399. The quantitative estimate of drug-likeness (QED) is 0.616. The van der Waals surface area contributed by atoms with Crippen molar-refractivity contribution in [3.05, 3.63) is 28.9 Å². The molecule has 104 valence electrons. The standard InChI is InChI=1S/C11H11NO2S.Cl2OS/c1-3-14-11(13)10-7(2)8-6-12-5-4-9(8)15-10;1-4(2)3/h4-6H,3H2,1-2H3;. The van der Waals surface area contributed by atoms with Crippen LogP contribution in [0.25, 0.3) is 10.1 Å². The second-order valence-corrected chi connectivity index (χ2v) is 6.91. The van der Waals surface area contributed by atoms with E-state index >= 15 is 0 Å². The second kappa shape index (κ2) is 7.79. The minimum absolute atomic E-state index is 0.240. The van der Waals surface area contributed by atoms with Gasteiger partial charge in [-0.25, -0.2) is 9.00 Å². The van der Waals surface area contributed by atoms with Gasteiger partial charge in [0, 0.05) is 43.8 Å².